The summed E-state index contributed by atoms with van der Waals surface area (Å²) in [5.41, 5.74) is 3.23. The number of H-pyrrole nitrogens is 1. The summed E-state index contributed by atoms with van der Waals surface area (Å²) in [6.45, 7) is 0. The molecular weight excluding hydrogens is 357 g/mol. The Hall–Kier alpha value is -2.93. The maximum absolute atomic E-state index is 13.0. The van der Waals surface area contributed by atoms with Crippen LogP contribution in [0, 0.1) is 5.92 Å². The Bertz CT molecular complexity index is 1170. The van der Waals surface area contributed by atoms with Crippen LogP contribution in [0.4, 0.5) is 10.2 Å². The van der Waals surface area contributed by atoms with Gasteiger partial charge in [-0.15, -0.1) is 0 Å². The van der Waals surface area contributed by atoms with Crippen molar-refractivity contribution in [2.24, 2.45) is 5.92 Å². The molecule has 0 bridgehead atoms. The maximum Gasteiger partial charge on any atom is 0.231 e. The first kappa shape index (κ1) is 15.3. The van der Waals surface area contributed by atoms with E-state index in [0.717, 1.165) is 27.7 Å². The van der Waals surface area contributed by atoms with Crippen molar-refractivity contribution in [1.82, 2.24) is 19.6 Å². The molecule has 26 heavy (non-hydrogen) atoms. The lowest BCUT2D eigenvalue weighted by Gasteiger charge is -2.05. The quantitative estimate of drug-likeness (QED) is 0.576. The van der Waals surface area contributed by atoms with Gasteiger partial charge in [-0.25, -0.2) is 13.9 Å². The predicted octanol–water partition coefficient (Wildman–Crippen LogP) is 3.83. The predicted molar refractivity (Wildman–Crippen MR) is 96.9 cm³/mol. The molecule has 2 N–H and O–H groups in total. The lowest BCUT2D eigenvalue weighted by Crippen LogP contribution is -2.15. The average Bonchev–Trinajstić information content (AvgIpc) is 3.03. The third kappa shape index (κ3) is 2.43. The Balaban J connectivity index is 1.50. The Labute approximate surface area is 152 Å². The molecule has 1 fully saturated rings. The lowest BCUT2D eigenvalue weighted by molar-refractivity contribution is -0.117. The highest BCUT2D eigenvalue weighted by Crippen LogP contribution is 2.35. The summed E-state index contributed by atoms with van der Waals surface area (Å²) >= 11 is 6.52. The van der Waals surface area contributed by atoms with Gasteiger partial charge in [0.15, 0.2) is 5.82 Å². The van der Waals surface area contributed by atoms with Crippen molar-refractivity contribution in [1.29, 1.82) is 0 Å². The molecule has 2 atom stereocenters. The number of nitrogens with one attached hydrogen (secondary N) is 2. The second kappa shape index (κ2) is 5.54. The SMILES string of the molecule is O=C(Nc1cc2cc(-c3cnc4[nH]ccc4c3Cl)ccn2n1)[C@@H]1C[C@@H]1F. The first-order valence-corrected chi connectivity index (χ1v) is 8.54. The van der Waals surface area contributed by atoms with Crippen molar-refractivity contribution in [2.45, 2.75) is 12.6 Å². The van der Waals surface area contributed by atoms with Gasteiger partial charge in [0.1, 0.15) is 11.8 Å². The molecule has 8 heteroatoms. The van der Waals surface area contributed by atoms with Gasteiger partial charge in [-0.05, 0) is 30.2 Å². The molecule has 0 saturated heterocycles. The van der Waals surface area contributed by atoms with E-state index in [1.165, 1.54) is 0 Å². The minimum absolute atomic E-state index is 0.288. The largest absolute Gasteiger partial charge is 0.346 e. The third-order valence-electron chi connectivity index (χ3n) is 4.60. The smallest absolute Gasteiger partial charge is 0.231 e. The van der Waals surface area contributed by atoms with Gasteiger partial charge in [0.2, 0.25) is 5.91 Å². The van der Waals surface area contributed by atoms with Crippen LogP contribution in [0.2, 0.25) is 5.02 Å². The summed E-state index contributed by atoms with van der Waals surface area (Å²) in [5.74, 6) is -0.476. The fraction of sp³-hybridized carbons (Fsp3) is 0.167. The molecule has 0 unspecified atom stereocenters. The van der Waals surface area contributed by atoms with Gasteiger partial charge >= 0.3 is 0 Å². The number of halogens is 2. The van der Waals surface area contributed by atoms with Gasteiger partial charge in [-0.3, -0.25) is 4.79 Å². The fourth-order valence-electron chi connectivity index (χ4n) is 3.05. The highest BCUT2D eigenvalue weighted by molar-refractivity contribution is 6.38. The maximum atomic E-state index is 13.0. The Morgan fingerprint density at radius 1 is 1.38 bits per heavy atom. The Kier molecular flexibility index (Phi) is 3.27. The molecule has 4 aromatic rings. The highest BCUT2D eigenvalue weighted by Gasteiger charge is 2.43. The van der Waals surface area contributed by atoms with E-state index >= 15 is 0 Å². The lowest BCUT2D eigenvalue weighted by atomic mass is 10.1. The number of fused-ring (bicyclic) bond motifs is 2. The van der Waals surface area contributed by atoms with Crippen molar-refractivity contribution in [3.8, 4) is 11.1 Å². The summed E-state index contributed by atoms with van der Waals surface area (Å²) < 4.78 is 14.6. The minimum Gasteiger partial charge on any atom is -0.346 e. The van der Waals surface area contributed by atoms with E-state index in [0.29, 0.717) is 10.8 Å². The average molecular weight is 370 g/mol. The highest BCUT2D eigenvalue weighted by atomic mass is 35.5. The number of aromatic amines is 1. The minimum atomic E-state index is -1.03. The van der Waals surface area contributed by atoms with Crippen LogP contribution >= 0.6 is 11.6 Å². The second-order valence-electron chi connectivity index (χ2n) is 6.39. The van der Waals surface area contributed by atoms with Crippen molar-refractivity contribution >= 4 is 39.9 Å². The monoisotopic (exact) mass is 369 g/mol. The molecular formula is C18H13ClFN5O. The van der Waals surface area contributed by atoms with Crippen molar-refractivity contribution in [2.75, 3.05) is 5.32 Å². The van der Waals surface area contributed by atoms with Gasteiger partial charge in [0.25, 0.3) is 0 Å². The van der Waals surface area contributed by atoms with E-state index in [1.54, 1.807) is 29.2 Å². The number of hydrogen-bond donors (Lipinski definition) is 2. The molecule has 0 aliphatic heterocycles. The molecule has 1 saturated carbocycles. The zero-order valence-electron chi connectivity index (χ0n) is 13.4. The first-order valence-electron chi connectivity index (χ1n) is 8.16. The van der Waals surface area contributed by atoms with Crippen LogP contribution in [-0.4, -0.2) is 31.7 Å². The van der Waals surface area contributed by atoms with E-state index < -0.39 is 12.1 Å². The summed E-state index contributed by atoms with van der Waals surface area (Å²) in [7, 11) is 0. The van der Waals surface area contributed by atoms with Crippen LogP contribution in [0.1, 0.15) is 6.42 Å². The Morgan fingerprint density at radius 2 is 2.23 bits per heavy atom. The van der Waals surface area contributed by atoms with Crippen LogP contribution in [0.3, 0.4) is 0 Å². The van der Waals surface area contributed by atoms with Gasteiger partial charge in [0, 0.05) is 35.6 Å². The van der Waals surface area contributed by atoms with Crippen LogP contribution < -0.4 is 5.32 Å². The topological polar surface area (TPSA) is 75.1 Å². The number of nitrogens with zero attached hydrogens (tertiary/aromatic N) is 3. The number of carbonyl (C=O) groups is 1. The van der Waals surface area contributed by atoms with Crippen molar-refractivity contribution < 1.29 is 9.18 Å². The Morgan fingerprint density at radius 3 is 3.04 bits per heavy atom. The van der Waals surface area contributed by atoms with Crippen LogP contribution in [0.25, 0.3) is 27.7 Å². The standard InChI is InChI=1S/C18H13ClFN5O/c19-16-11-1-3-21-17(11)22-8-13(16)9-2-4-25-10(5-9)6-15(24-25)23-18(26)12-7-14(12)20/h1-6,8,12,14H,7H2,(H,21,22)(H,23,24,26)/t12-,14+/m1/s1. The molecule has 0 aromatic carbocycles. The van der Waals surface area contributed by atoms with Crippen molar-refractivity contribution in [3.63, 3.8) is 0 Å². The van der Waals surface area contributed by atoms with Gasteiger partial charge < -0.3 is 10.3 Å². The number of amides is 1. The molecule has 4 aromatic heterocycles. The molecule has 6 nitrogen and oxygen atoms in total. The van der Waals surface area contributed by atoms with Crippen LogP contribution in [0.15, 0.2) is 42.9 Å². The number of carbonyl (C=O) groups excluding carboxylic acids is 1. The van der Waals surface area contributed by atoms with E-state index in [1.807, 2.05) is 18.2 Å². The van der Waals surface area contributed by atoms with Crippen molar-refractivity contribution in [3.05, 3.63) is 47.9 Å². The second-order valence-corrected chi connectivity index (χ2v) is 6.77. The van der Waals surface area contributed by atoms with Gasteiger partial charge in [-0.2, -0.15) is 5.10 Å². The normalized spacial score (nSPS) is 19.2. The number of pyridine rings is 2. The van der Waals surface area contributed by atoms with Crippen LogP contribution in [-0.2, 0) is 4.79 Å². The molecule has 0 spiro atoms. The molecule has 5 rings (SSSR count). The first-order chi connectivity index (χ1) is 12.6. The number of hydrogen-bond acceptors (Lipinski definition) is 3. The van der Waals surface area contributed by atoms with Gasteiger partial charge in [0.05, 0.1) is 16.5 Å². The summed E-state index contributed by atoms with van der Waals surface area (Å²) in [4.78, 5) is 19.3. The van der Waals surface area contributed by atoms with E-state index in [9.17, 15) is 9.18 Å². The molecule has 1 amide bonds. The fourth-order valence-corrected chi connectivity index (χ4v) is 3.36. The number of rotatable bonds is 3. The van der Waals surface area contributed by atoms with E-state index in [2.05, 4.69) is 20.4 Å². The summed E-state index contributed by atoms with van der Waals surface area (Å²) in [6, 6.07) is 7.42. The number of anilines is 1. The van der Waals surface area contributed by atoms with Gasteiger partial charge in [-0.1, -0.05) is 11.6 Å². The third-order valence-corrected chi connectivity index (χ3v) is 5.00. The molecule has 1 aliphatic carbocycles. The van der Waals surface area contributed by atoms with E-state index in [4.69, 9.17) is 11.6 Å². The van der Waals surface area contributed by atoms with E-state index in [-0.39, 0.29) is 12.3 Å². The summed E-state index contributed by atoms with van der Waals surface area (Å²) in [5, 5.41) is 8.44. The number of aromatic nitrogens is 4. The molecule has 0 radical (unpaired) electrons. The zero-order chi connectivity index (χ0) is 17.8. The van der Waals surface area contributed by atoms with Crippen LogP contribution in [0.5, 0.6) is 0 Å². The molecule has 130 valence electrons. The zero-order valence-corrected chi connectivity index (χ0v) is 14.2. The molecule has 1 aliphatic rings. The summed E-state index contributed by atoms with van der Waals surface area (Å²) in [6.07, 6.45) is 4.56. The molecule has 4 heterocycles. The number of alkyl halides is 1.